The van der Waals surface area contributed by atoms with Gasteiger partial charge >= 0.3 is 0 Å². The first kappa shape index (κ1) is 44.5. The number of fused-ring (bicyclic) bond motifs is 2. The van der Waals surface area contributed by atoms with E-state index in [4.69, 9.17) is 9.40 Å². The molecule has 9 aromatic rings. The summed E-state index contributed by atoms with van der Waals surface area (Å²) >= 11 is 0. The molecule has 0 atom stereocenters. The number of imidazole rings is 1. The van der Waals surface area contributed by atoms with Crippen LogP contribution in [0.1, 0.15) is 70.1 Å². The second-order valence-electron chi connectivity index (χ2n) is 18.1. The zero-order valence-electron chi connectivity index (χ0n) is 37.3. The summed E-state index contributed by atoms with van der Waals surface area (Å²) in [5.41, 5.74) is 14.6. The molecular formula is C55H56IrN4OSi-2. The molecule has 9 rings (SSSR count). The molecule has 4 aromatic heterocycles. The molecule has 0 aliphatic heterocycles. The average Bonchev–Trinajstić information content (AvgIpc) is 4.03. The van der Waals surface area contributed by atoms with Gasteiger partial charge < -0.3 is 18.5 Å². The molecule has 317 valence electrons. The average molecular weight is 1010 g/mol. The van der Waals surface area contributed by atoms with Crippen molar-refractivity contribution in [3.63, 3.8) is 0 Å². The quantitative estimate of drug-likeness (QED) is 0.101. The predicted molar refractivity (Wildman–Crippen MR) is 258 cm³/mol. The molecule has 0 amide bonds. The Bertz CT molecular complexity index is 2870. The molecule has 0 bridgehead atoms. The minimum absolute atomic E-state index is 0. The number of aromatic nitrogens is 4. The molecule has 62 heavy (non-hydrogen) atoms. The van der Waals surface area contributed by atoms with Gasteiger partial charge in [-0.15, -0.1) is 35.9 Å². The van der Waals surface area contributed by atoms with Gasteiger partial charge in [0.2, 0.25) is 0 Å². The van der Waals surface area contributed by atoms with Crippen molar-refractivity contribution in [3.05, 3.63) is 175 Å². The van der Waals surface area contributed by atoms with Gasteiger partial charge in [0, 0.05) is 61.9 Å². The number of furan rings is 1. The third-order valence-electron chi connectivity index (χ3n) is 11.3. The maximum atomic E-state index is 6.01. The summed E-state index contributed by atoms with van der Waals surface area (Å²) in [5.74, 6) is 2.10. The maximum absolute atomic E-state index is 6.01. The van der Waals surface area contributed by atoms with Gasteiger partial charge in [0.1, 0.15) is 0 Å². The van der Waals surface area contributed by atoms with E-state index in [0.29, 0.717) is 17.8 Å². The third kappa shape index (κ3) is 9.27. The molecule has 0 saturated carbocycles. The van der Waals surface area contributed by atoms with Crippen molar-refractivity contribution in [1.29, 1.82) is 0 Å². The molecule has 5 aromatic carbocycles. The second-order valence-corrected chi connectivity index (χ2v) is 23.2. The fourth-order valence-corrected chi connectivity index (χ4v) is 9.90. The molecule has 0 aliphatic carbocycles. The van der Waals surface area contributed by atoms with Gasteiger partial charge in [-0.1, -0.05) is 138 Å². The largest absolute Gasteiger partial charge is 0.557 e. The number of benzene rings is 5. The van der Waals surface area contributed by atoms with Crippen LogP contribution in [0.5, 0.6) is 0 Å². The van der Waals surface area contributed by atoms with Gasteiger partial charge in [-0.3, -0.25) is 4.98 Å². The number of hydrogen-bond acceptors (Lipinski definition) is 3. The van der Waals surface area contributed by atoms with Crippen molar-refractivity contribution in [2.75, 3.05) is 0 Å². The summed E-state index contributed by atoms with van der Waals surface area (Å²) in [7, 11) is -1.34. The van der Waals surface area contributed by atoms with Crippen molar-refractivity contribution in [3.8, 4) is 45.1 Å². The molecule has 1 radical (unpaired) electrons. The number of nitrogens with zero attached hydrogens (tertiary/aromatic N) is 4. The van der Waals surface area contributed by atoms with Gasteiger partial charge in [0.25, 0.3) is 0 Å². The molecular weight excluding hydrogens is 953 g/mol. The fraction of sp³-hybridized carbons (Fsp3) is 0.236. The van der Waals surface area contributed by atoms with Gasteiger partial charge in [0.05, 0.1) is 24.9 Å². The van der Waals surface area contributed by atoms with E-state index in [1.165, 1.54) is 38.7 Å². The number of hydrogen-bond donors (Lipinski definition) is 0. The Morgan fingerprint density at radius 2 is 1.39 bits per heavy atom. The van der Waals surface area contributed by atoms with E-state index in [0.717, 1.165) is 56.8 Å². The molecule has 0 saturated heterocycles. The minimum Gasteiger partial charge on any atom is -0.557 e. The van der Waals surface area contributed by atoms with Gasteiger partial charge in [-0.25, -0.2) is 0 Å². The summed E-state index contributed by atoms with van der Waals surface area (Å²) in [6, 6.07) is 47.7. The molecule has 0 unspecified atom stereocenters. The minimum atomic E-state index is -1.34. The number of pyridine rings is 1. The Balaban J connectivity index is 0.000000233. The van der Waals surface area contributed by atoms with Gasteiger partial charge in [-0.2, -0.15) is 0 Å². The second kappa shape index (κ2) is 18.8. The summed E-state index contributed by atoms with van der Waals surface area (Å²) < 4.78 is 10.5. The van der Waals surface area contributed by atoms with Crippen molar-refractivity contribution in [2.24, 2.45) is 5.92 Å². The van der Waals surface area contributed by atoms with E-state index in [-0.39, 0.29) is 20.1 Å². The van der Waals surface area contributed by atoms with Crippen molar-refractivity contribution in [1.82, 2.24) is 19.1 Å². The molecule has 7 heteroatoms. The van der Waals surface area contributed by atoms with Gasteiger partial charge in [-0.05, 0) is 99.8 Å². The molecule has 0 fully saturated rings. The Hall–Kier alpha value is -5.59. The first-order valence-electron chi connectivity index (χ1n) is 21.6. The van der Waals surface area contributed by atoms with Crippen molar-refractivity contribution in [2.45, 2.75) is 79.4 Å². The molecule has 5 nitrogen and oxygen atoms in total. The normalized spacial score (nSPS) is 11.7. The van der Waals surface area contributed by atoms with Crippen LogP contribution < -0.4 is 5.19 Å². The van der Waals surface area contributed by atoms with Crippen molar-refractivity contribution >= 4 is 35.3 Å². The van der Waals surface area contributed by atoms with Crippen LogP contribution in [0.3, 0.4) is 0 Å². The van der Waals surface area contributed by atoms with Crippen LogP contribution in [-0.4, -0.2) is 27.2 Å². The van der Waals surface area contributed by atoms with E-state index in [1.54, 1.807) is 0 Å². The topological polar surface area (TPSA) is 48.8 Å². The zero-order valence-corrected chi connectivity index (χ0v) is 40.7. The van der Waals surface area contributed by atoms with Crippen LogP contribution in [0, 0.1) is 18.2 Å². The van der Waals surface area contributed by atoms with E-state index in [1.807, 2.05) is 36.4 Å². The molecule has 0 spiro atoms. The Kier molecular flexibility index (Phi) is 13.5. The zero-order chi connectivity index (χ0) is 42.8. The molecule has 4 heterocycles. The fourth-order valence-electron chi connectivity index (χ4n) is 8.31. The Morgan fingerprint density at radius 3 is 2.03 bits per heavy atom. The Labute approximate surface area is 382 Å². The van der Waals surface area contributed by atoms with Crippen LogP contribution in [0.2, 0.25) is 19.6 Å². The van der Waals surface area contributed by atoms with Crippen molar-refractivity contribution < 1.29 is 24.5 Å². The summed E-state index contributed by atoms with van der Waals surface area (Å²) in [4.78, 5) is 9.91. The van der Waals surface area contributed by atoms with Crippen LogP contribution in [-0.2, 0) is 26.5 Å². The van der Waals surface area contributed by atoms with E-state index in [9.17, 15) is 0 Å². The summed E-state index contributed by atoms with van der Waals surface area (Å²) in [6.07, 6.45) is 10.6. The van der Waals surface area contributed by atoms with E-state index >= 15 is 0 Å². The SMILES string of the molecule is CC(C)Cc1cc(-c2[c-]cccc2)ncc1[Si](C)(C)C.CC(C)c1cc(-c2ccccc2)cc(C(C)C)c1-n1c(-c2[c-]oc3ccc(-n4cccc4)cc23)nc2ccccc21.[Ir]. The van der Waals surface area contributed by atoms with Crippen LogP contribution >= 0.6 is 0 Å². The smallest absolute Gasteiger partial charge is 0.0798 e. The maximum Gasteiger partial charge on any atom is 0.0798 e. The third-order valence-corrected chi connectivity index (χ3v) is 13.4. The van der Waals surface area contributed by atoms with E-state index in [2.05, 4.69) is 197 Å². The molecule has 0 N–H and O–H groups in total. The first-order chi connectivity index (χ1) is 29.4. The van der Waals surface area contributed by atoms with Crippen LogP contribution in [0.4, 0.5) is 0 Å². The monoisotopic (exact) mass is 1010 g/mol. The number of rotatable bonds is 10. The van der Waals surface area contributed by atoms with E-state index < -0.39 is 8.07 Å². The first-order valence-corrected chi connectivity index (χ1v) is 25.1. The summed E-state index contributed by atoms with van der Waals surface area (Å²) in [5, 5.41) is 2.48. The molecule has 0 aliphatic rings. The summed E-state index contributed by atoms with van der Waals surface area (Å²) in [6.45, 7) is 20.8. The predicted octanol–water partition coefficient (Wildman–Crippen LogP) is 14.2. The van der Waals surface area contributed by atoms with Crippen LogP contribution in [0.25, 0.3) is 67.1 Å². The Morgan fingerprint density at radius 1 is 0.710 bits per heavy atom. The van der Waals surface area contributed by atoms with Crippen LogP contribution in [0.15, 0.2) is 150 Å². The standard InChI is InChI=1S/C37H32N3O.C18H24NSi.Ir/c1-24(2)29-20-27(26-12-6-5-7-13-26)21-30(25(3)4)36(29)40-34-15-9-8-14-33(34)38-37(40)32-23-41-35-17-16-28(22-31(32)35)39-18-10-11-19-39;1-14(2)11-16-12-17(15-9-7-6-8-10-15)19-13-18(16)20(3,4)5;/h5-22,24-25H,1-4H3;6-9,12-14H,11H2,1-5H3;/q2*-1;. The van der Waals surface area contributed by atoms with Gasteiger partial charge in [0.15, 0.2) is 0 Å². The number of para-hydroxylation sites is 2.